The molecule has 4 heterocycles. The number of hydrogen-bond acceptors (Lipinski definition) is 4. The molecule has 0 unspecified atom stereocenters. The number of nitrogens with zero attached hydrogens (tertiary/aromatic N) is 5. The molecule has 0 saturated carbocycles. The highest BCUT2D eigenvalue weighted by molar-refractivity contribution is 5.94. The van der Waals surface area contributed by atoms with Gasteiger partial charge in [0.15, 0.2) is 11.4 Å². The molecule has 0 bridgehead atoms. The van der Waals surface area contributed by atoms with E-state index in [1.165, 1.54) is 16.8 Å². The molecular formula is C20H17N5O. The van der Waals surface area contributed by atoms with Crippen molar-refractivity contribution in [3.05, 3.63) is 71.9 Å². The summed E-state index contributed by atoms with van der Waals surface area (Å²) in [6, 6.07) is 14.1. The zero-order valence-electron chi connectivity index (χ0n) is 14.5. The van der Waals surface area contributed by atoms with Crippen molar-refractivity contribution in [3.63, 3.8) is 0 Å². The van der Waals surface area contributed by atoms with Gasteiger partial charge in [0.1, 0.15) is 12.0 Å². The fourth-order valence-electron chi connectivity index (χ4n) is 3.40. The van der Waals surface area contributed by atoms with Crippen molar-refractivity contribution in [3.8, 4) is 11.6 Å². The maximum absolute atomic E-state index is 5.44. The minimum atomic E-state index is 0.567. The molecule has 0 fully saturated rings. The first-order chi connectivity index (χ1) is 12.7. The molecular weight excluding hydrogens is 326 g/mol. The first-order valence-corrected chi connectivity index (χ1v) is 8.51. The lowest BCUT2D eigenvalue weighted by Crippen LogP contribution is -2.03. The Bertz CT molecular complexity index is 1220. The second kappa shape index (κ2) is 5.56. The van der Waals surface area contributed by atoms with Gasteiger partial charge in [0.25, 0.3) is 0 Å². The highest BCUT2D eigenvalue weighted by Gasteiger charge is 2.19. The molecule has 4 aromatic heterocycles. The zero-order chi connectivity index (χ0) is 17.7. The largest absolute Gasteiger partial charge is 0.461 e. The Hall–Kier alpha value is -3.41. The van der Waals surface area contributed by atoms with E-state index in [4.69, 9.17) is 9.40 Å². The molecule has 0 aliphatic rings. The summed E-state index contributed by atoms with van der Waals surface area (Å²) >= 11 is 0. The Balaban J connectivity index is 1.73. The highest BCUT2D eigenvalue weighted by Crippen LogP contribution is 2.28. The number of aryl methyl sites for hydroxylation is 1. The third-order valence-electron chi connectivity index (χ3n) is 4.87. The van der Waals surface area contributed by atoms with E-state index in [0.29, 0.717) is 11.6 Å². The van der Waals surface area contributed by atoms with Gasteiger partial charge in [-0.2, -0.15) is 0 Å². The van der Waals surface area contributed by atoms with Crippen LogP contribution < -0.4 is 0 Å². The smallest absolute Gasteiger partial charge is 0.217 e. The number of hydrogen-bond donors (Lipinski definition) is 0. The van der Waals surface area contributed by atoms with E-state index in [1.54, 1.807) is 17.1 Å². The monoisotopic (exact) mass is 343 g/mol. The molecule has 0 spiro atoms. The summed E-state index contributed by atoms with van der Waals surface area (Å²) in [5.41, 5.74) is 5.33. The number of rotatable bonds is 3. The molecule has 0 radical (unpaired) electrons. The summed E-state index contributed by atoms with van der Waals surface area (Å²) in [4.78, 5) is 9.39. The lowest BCUT2D eigenvalue weighted by Gasteiger charge is -2.07. The molecule has 5 rings (SSSR count). The molecule has 0 amide bonds. The Kier molecular flexibility index (Phi) is 3.18. The molecule has 5 aromatic rings. The third kappa shape index (κ3) is 2.15. The lowest BCUT2D eigenvalue weighted by molar-refractivity contribution is 0.577. The molecule has 0 N–H and O–H groups in total. The highest BCUT2D eigenvalue weighted by atomic mass is 16.3. The first-order valence-electron chi connectivity index (χ1n) is 8.51. The van der Waals surface area contributed by atoms with Crippen LogP contribution in [0.3, 0.4) is 0 Å². The van der Waals surface area contributed by atoms with Crippen LogP contribution in [-0.4, -0.2) is 24.1 Å². The summed E-state index contributed by atoms with van der Waals surface area (Å²) in [5, 5.41) is 5.54. The maximum atomic E-state index is 5.44. The van der Waals surface area contributed by atoms with E-state index in [1.807, 2.05) is 18.2 Å². The summed E-state index contributed by atoms with van der Waals surface area (Å²) in [5.74, 6) is 1.22. The van der Waals surface area contributed by atoms with E-state index < -0.39 is 0 Å². The standard InChI is InChI=1S/C20H17N5O/c1-13-14(2)24(11-15-7-4-3-5-8-15)19-17(13)20-22-18(16-9-6-10-26-16)23-25(20)12-21-19/h3-10,12H,11H2,1-2H3. The summed E-state index contributed by atoms with van der Waals surface area (Å²) < 4.78 is 9.39. The van der Waals surface area contributed by atoms with Gasteiger partial charge < -0.3 is 8.98 Å². The molecule has 0 aliphatic carbocycles. The zero-order valence-corrected chi connectivity index (χ0v) is 14.5. The minimum absolute atomic E-state index is 0.567. The van der Waals surface area contributed by atoms with E-state index >= 15 is 0 Å². The third-order valence-corrected chi connectivity index (χ3v) is 4.87. The lowest BCUT2D eigenvalue weighted by atomic mass is 10.2. The van der Waals surface area contributed by atoms with Crippen molar-refractivity contribution in [1.82, 2.24) is 24.1 Å². The van der Waals surface area contributed by atoms with Crippen molar-refractivity contribution in [2.24, 2.45) is 0 Å². The van der Waals surface area contributed by atoms with Crippen LogP contribution in [0.1, 0.15) is 16.8 Å². The van der Waals surface area contributed by atoms with Crippen molar-refractivity contribution in [1.29, 1.82) is 0 Å². The van der Waals surface area contributed by atoms with Crippen LogP contribution in [0.25, 0.3) is 28.3 Å². The molecule has 26 heavy (non-hydrogen) atoms. The van der Waals surface area contributed by atoms with Gasteiger partial charge in [0.05, 0.1) is 11.6 Å². The summed E-state index contributed by atoms with van der Waals surface area (Å²) in [7, 11) is 0. The average molecular weight is 343 g/mol. The van der Waals surface area contributed by atoms with Crippen LogP contribution in [0.4, 0.5) is 0 Å². The van der Waals surface area contributed by atoms with Gasteiger partial charge in [-0.1, -0.05) is 30.3 Å². The van der Waals surface area contributed by atoms with Crippen molar-refractivity contribution in [2.45, 2.75) is 20.4 Å². The molecule has 0 saturated heterocycles. The topological polar surface area (TPSA) is 61.2 Å². The number of furan rings is 1. The van der Waals surface area contributed by atoms with Crippen LogP contribution in [0.2, 0.25) is 0 Å². The van der Waals surface area contributed by atoms with Crippen LogP contribution >= 0.6 is 0 Å². The molecule has 6 heteroatoms. The van der Waals surface area contributed by atoms with E-state index in [2.05, 4.69) is 52.8 Å². The van der Waals surface area contributed by atoms with Gasteiger partial charge >= 0.3 is 0 Å². The number of aromatic nitrogens is 5. The summed E-state index contributed by atoms with van der Waals surface area (Å²) in [6.07, 6.45) is 3.35. The van der Waals surface area contributed by atoms with Gasteiger partial charge in [0.2, 0.25) is 5.82 Å². The number of fused-ring (bicyclic) bond motifs is 3. The fourth-order valence-corrected chi connectivity index (χ4v) is 3.40. The van der Waals surface area contributed by atoms with E-state index in [9.17, 15) is 0 Å². The second-order valence-electron chi connectivity index (χ2n) is 6.41. The van der Waals surface area contributed by atoms with E-state index in [0.717, 1.165) is 23.2 Å². The van der Waals surface area contributed by atoms with E-state index in [-0.39, 0.29) is 0 Å². The SMILES string of the molecule is Cc1c(C)n(Cc2ccccc2)c2ncn3nc(-c4ccco4)nc3c12. The summed E-state index contributed by atoms with van der Waals surface area (Å²) in [6.45, 7) is 5.02. The predicted octanol–water partition coefficient (Wildman–Crippen LogP) is 4.00. The van der Waals surface area contributed by atoms with Gasteiger partial charge in [-0.05, 0) is 37.1 Å². The van der Waals surface area contributed by atoms with Crippen molar-refractivity contribution >= 4 is 16.7 Å². The van der Waals surface area contributed by atoms with Gasteiger partial charge in [0, 0.05) is 12.2 Å². The second-order valence-corrected chi connectivity index (χ2v) is 6.41. The van der Waals surface area contributed by atoms with Crippen LogP contribution in [0, 0.1) is 13.8 Å². The first kappa shape index (κ1) is 14.9. The van der Waals surface area contributed by atoms with Crippen molar-refractivity contribution < 1.29 is 4.42 Å². The van der Waals surface area contributed by atoms with Crippen LogP contribution in [0.15, 0.2) is 59.5 Å². The van der Waals surface area contributed by atoms with Gasteiger partial charge in [-0.3, -0.25) is 0 Å². The Morgan fingerprint density at radius 1 is 1.00 bits per heavy atom. The minimum Gasteiger partial charge on any atom is -0.461 e. The maximum Gasteiger partial charge on any atom is 0.217 e. The van der Waals surface area contributed by atoms with Gasteiger partial charge in [-0.15, -0.1) is 5.10 Å². The van der Waals surface area contributed by atoms with Crippen LogP contribution in [-0.2, 0) is 6.54 Å². The molecule has 6 nitrogen and oxygen atoms in total. The fraction of sp³-hybridized carbons (Fsp3) is 0.150. The quantitative estimate of drug-likeness (QED) is 0.497. The Labute approximate surface area is 149 Å². The Morgan fingerprint density at radius 2 is 1.85 bits per heavy atom. The molecule has 0 atom stereocenters. The van der Waals surface area contributed by atoms with Gasteiger partial charge in [-0.25, -0.2) is 14.5 Å². The van der Waals surface area contributed by atoms with Crippen LogP contribution in [0.5, 0.6) is 0 Å². The van der Waals surface area contributed by atoms with Crippen molar-refractivity contribution in [2.75, 3.05) is 0 Å². The molecule has 1 aromatic carbocycles. The average Bonchev–Trinajstić information content (AvgIpc) is 3.37. The number of benzene rings is 1. The normalized spacial score (nSPS) is 11.6. The predicted molar refractivity (Wildman–Crippen MR) is 99.0 cm³/mol. The Morgan fingerprint density at radius 3 is 2.62 bits per heavy atom. The molecule has 0 aliphatic heterocycles. The molecule has 128 valence electrons.